The normalized spacial score (nSPS) is 19.5. The molecule has 2 saturated heterocycles. The van der Waals surface area contributed by atoms with Gasteiger partial charge in [-0.25, -0.2) is 8.42 Å². The Labute approximate surface area is 185 Å². The van der Waals surface area contributed by atoms with E-state index in [2.05, 4.69) is 29.2 Å². The van der Waals surface area contributed by atoms with E-state index in [1.807, 2.05) is 30.0 Å². The van der Waals surface area contributed by atoms with Crippen molar-refractivity contribution in [2.45, 2.75) is 31.2 Å². The summed E-state index contributed by atoms with van der Waals surface area (Å²) >= 11 is 0. The number of carbonyl (C=O) groups is 1. The lowest BCUT2D eigenvalue weighted by atomic mass is 9.94. The van der Waals surface area contributed by atoms with E-state index in [-0.39, 0.29) is 11.8 Å². The zero-order valence-corrected chi connectivity index (χ0v) is 18.9. The average Bonchev–Trinajstić information content (AvgIpc) is 2.80. The van der Waals surface area contributed by atoms with E-state index in [0.29, 0.717) is 31.1 Å². The number of rotatable bonds is 5. The van der Waals surface area contributed by atoms with Gasteiger partial charge in [-0.3, -0.25) is 9.69 Å². The second kappa shape index (κ2) is 9.51. The Bertz CT molecular complexity index is 976. The quantitative estimate of drug-likeness (QED) is 0.716. The maximum atomic E-state index is 13.0. The van der Waals surface area contributed by atoms with Gasteiger partial charge in [0.25, 0.3) is 0 Å². The fourth-order valence-corrected chi connectivity index (χ4v) is 5.87. The van der Waals surface area contributed by atoms with Crippen molar-refractivity contribution in [3.8, 4) is 0 Å². The molecular weight excluding hydrogens is 410 g/mol. The Morgan fingerprint density at radius 1 is 0.871 bits per heavy atom. The van der Waals surface area contributed by atoms with Crippen molar-refractivity contribution in [3.05, 3.63) is 65.7 Å². The third-order valence-electron chi connectivity index (χ3n) is 6.39. The van der Waals surface area contributed by atoms with Crippen LogP contribution in [0.4, 0.5) is 0 Å². The van der Waals surface area contributed by atoms with Crippen LogP contribution in [0.25, 0.3) is 0 Å². The van der Waals surface area contributed by atoms with Crippen LogP contribution in [-0.2, 0) is 21.4 Å². The number of piperazine rings is 1. The summed E-state index contributed by atoms with van der Waals surface area (Å²) in [4.78, 5) is 17.6. The van der Waals surface area contributed by atoms with E-state index in [1.165, 1.54) is 9.87 Å². The number of carbonyl (C=O) groups excluding carboxylic acids is 1. The highest BCUT2D eigenvalue weighted by Crippen LogP contribution is 2.23. The number of piperidine rings is 1. The van der Waals surface area contributed by atoms with Gasteiger partial charge in [0.2, 0.25) is 15.9 Å². The molecule has 0 bridgehead atoms. The molecular formula is C24H31N3O3S. The predicted molar refractivity (Wildman–Crippen MR) is 121 cm³/mol. The Hall–Kier alpha value is -2.22. The van der Waals surface area contributed by atoms with Gasteiger partial charge in [-0.15, -0.1) is 0 Å². The SMILES string of the molecule is Cc1ccc(S(=O)(=O)N2CCN(C(=O)C3CCN(Cc4ccccc4)CC3)CC2)cc1. The molecule has 31 heavy (non-hydrogen) atoms. The molecule has 2 aliphatic rings. The molecule has 166 valence electrons. The van der Waals surface area contributed by atoms with Crippen LogP contribution in [0.3, 0.4) is 0 Å². The predicted octanol–water partition coefficient (Wildman–Crippen LogP) is 2.74. The molecule has 0 aromatic heterocycles. The lowest BCUT2D eigenvalue weighted by molar-refractivity contribution is -0.138. The first-order valence-electron chi connectivity index (χ1n) is 11.1. The average molecular weight is 442 g/mol. The van der Waals surface area contributed by atoms with Gasteiger partial charge in [0.05, 0.1) is 4.90 Å². The topological polar surface area (TPSA) is 60.9 Å². The first-order valence-corrected chi connectivity index (χ1v) is 12.5. The molecule has 2 aromatic carbocycles. The summed E-state index contributed by atoms with van der Waals surface area (Å²) in [6.07, 6.45) is 1.74. The van der Waals surface area contributed by atoms with Crippen LogP contribution in [0.1, 0.15) is 24.0 Å². The lowest BCUT2D eigenvalue weighted by Gasteiger charge is -2.38. The maximum Gasteiger partial charge on any atom is 0.243 e. The minimum Gasteiger partial charge on any atom is -0.340 e. The van der Waals surface area contributed by atoms with Gasteiger partial charge >= 0.3 is 0 Å². The summed E-state index contributed by atoms with van der Waals surface area (Å²) in [5.41, 5.74) is 2.34. The van der Waals surface area contributed by atoms with Crippen LogP contribution < -0.4 is 0 Å². The molecule has 4 rings (SSSR count). The summed E-state index contributed by atoms with van der Waals surface area (Å²) in [5, 5.41) is 0. The van der Waals surface area contributed by atoms with Crippen molar-refractivity contribution in [2.24, 2.45) is 5.92 Å². The van der Waals surface area contributed by atoms with Gasteiger partial charge in [-0.05, 0) is 50.6 Å². The van der Waals surface area contributed by atoms with E-state index in [4.69, 9.17) is 0 Å². The highest BCUT2D eigenvalue weighted by Gasteiger charge is 2.33. The van der Waals surface area contributed by atoms with Gasteiger partial charge in [-0.1, -0.05) is 48.0 Å². The van der Waals surface area contributed by atoms with Crippen LogP contribution >= 0.6 is 0 Å². The zero-order valence-electron chi connectivity index (χ0n) is 18.1. The van der Waals surface area contributed by atoms with Crippen molar-refractivity contribution >= 4 is 15.9 Å². The standard InChI is InChI=1S/C24H31N3O3S/c1-20-7-9-23(10-8-20)31(29,30)27-17-15-26(16-18-27)24(28)22-11-13-25(14-12-22)19-21-5-3-2-4-6-21/h2-10,22H,11-19H2,1H3. The number of amides is 1. The molecule has 2 fully saturated rings. The van der Waals surface area contributed by atoms with Gasteiger partial charge < -0.3 is 4.90 Å². The Kier molecular flexibility index (Phi) is 6.74. The number of benzene rings is 2. The number of likely N-dealkylation sites (tertiary alicyclic amines) is 1. The van der Waals surface area contributed by atoms with E-state index in [1.54, 1.807) is 12.1 Å². The van der Waals surface area contributed by atoms with Gasteiger partial charge in [0, 0.05) is 38.6 Å². The molecule has 0 unspecified atom stereocenters. The molecule has 0 radical (unpaired) electrons. The highest BCUT2D eigenvalue weighted by molar-refractivity contribution is 7.89. The summed E-state index contributed by atoms with van der Waals surface area (Å²) < 4.78 is 27.3. The number of hydrogen-bond donors (Lipinski definition) is 0. The second-order valence-electron chi connectivity index (χ2n) is 8.58. The fraction of sp³-hybridized carbons (Fsp3) is 0.458. The van der Waals surface area contributed by atoms with Crippen LogP contribution in [0, 0.1) is 12.8 Å². The van der Waals surface area contributed by atoms with E-state index in [0.717, 1.165) is 38.0 Å². The molecule has 0 saturated carbocycles. The van der Waals surface area contributed by atoms with E-state index < -0.39 is 10.0 Å². The molecule has 0 spiro atoms. The van der Waals surface area contributed by atoms with Crippen LogP contribution in [-0.4, -0.2) is 67.7 Å². The Balaban J connectivity index is 1.27. The molecule has 0 atom stereocenters. The summed E-state index contributed by atoms with van der Waals surface area (Å²) in [5.74, 6) is 0.235. The molecule has 2 heterocycles. The third kappa shape index (κ3) is 5.17. The molecule has 2 aromatic rings. The second-order valence-corrected chi connectivity index (χ2v) is 10.5. The third-order valence-corrected chi connectivity index (χ3v) is 8.31. The monoisotopic (exact) mass is 441 g/mol. The van der Waals surface area contributed by atoms with Crippen molar-refractivity contribution in [1.29, 1.82) is 0 Å². The summed E-state index contributed by atoms with van der Waals surface area (Å²) in [6, 6.07) is 17.4. The Morgan fingerprint density at radius 3 is 2.10 bits per heavy atom. The summed E-state index contributed by atoms with van der Waals surface area (Å²) in [7, 11) is -3.50. The van der Waals surface area contributed by atoms with Crippen LogP contribution in [0.15, 0.2) is 59.5 Å². The zero-order chi connectivity index (χ0) is 21.8. The number of nitrogens with zero attached hydrogens (tertiary/aromatic N) is 3. The van der Waals surface area contributed by atoms with Crippen LogP contribution in [0.2, 0.25) is 0 Å². The number of aryl methyl sites for hydroxylation is 1. The first kappa shape index (κ1) is 22.0. The number of hydrogen-bond acceptors (Lipinski definition) is 4. The van der Waals surface area contributed by atoms with Crippen molar-refractivity contribution < 1.29 is 13.2 Å². The molecule has 0 N–H and O–H groups in total. The smallest absolute Gasteiger partial charge is 0.243 e. The fourth-order valence-electron chi connectivity index (χ4n) is 4.45. The molecule has 2 aliphatic heterocycles. The van der Waals surface area contributed by atoms with E-state index >= 15 is 0 Å². The summed E-state index contributed by atoms with van der Waals surface area (Å²) in [6.45, 7) is 6.36. The van der Waals surface area contributed by atoms with E-state index in [9.17, 15) is 13.2 Å². The lowest BCUT2D eigenvalue weighted by Crippen LogP contribution is -2.52. The van der Waals surface area contributed by atoms with Crippen molar-refractivity contribution in [2.75, 3.05) is 39.3 Å². The van der Waals surface area contributed by atoms with Crippen molar-refractivity contribution in [3.63, 3.8) is 0 Å². The molecule has 6 nitrogen and oxygen atoms in total. The van der Waals surface area contributed by atoms with Gasteiger partial charge in [0.1, 0.15) is 0 Å². The van der Waals surface area contributed by atoms with Gasteiger partial charge in [0.15, 0.2) is 0 Å². The molecule has 1 amide bonds. The maximum absolute atomic E-state index is 13.0. The minimum atomic E-state index is -3.50. The van der Waals surface area contributed by atoms with Crippen LogP contribution in [0.5, 0.6) is 0 Å². The van der Waals surface area contributed by atoms with Crippen molar-refractivity contribution in [1.82, 2.24) is 14.1 Å². The Morgan fingerprint density at radius 2 is 1.48 bits per heavy atom. The van der Waals surface area contributed by atoms with Gasteiger partial charge in [-0.2, -0.15) is 4.31 Å². The molecule has 7 heteroatoms. The number of sulfonamides is 1. The molecule has 0 aliphatic carbocycles. The minimum absolute atomic E-state index is 0.0484. The first-order chi connectivity index (χ1) is 14.9. The largest absolute Gasteiger partial charge is 0.340 e. The highest BCUT2D eigenvalue weighted by atomic mass is 32.2.